The van der Waals surface area contributed by atoms with Crippen LogP contribution in [0.5, 0.6) is 0 Å². The molecule has 82 valence electrons. The van der Waals surface area contributed by atoms with Crippen LogP contribution in [-0.2, 0) is 0 Å². The average Bonchev–Trinajstić information content (AvgIpc) is 2.22. The van der Waals surface area contributed by atoms with E-state index in [1.165, 1.54) is 0 Å². The maximum Gasteiger partial charge on any atom is 0.223 e. The number of aryl methyl sites for hydroxylation is 2. The lowest BCUT2D eigenvalue weighted by atomic mass is 10.0. The molecule has 2 rings (SSSR count). The molecule has 0 saturated carbocycles. The number of hydrogen-bond acceptors (Lipinski definition) is 2. The Morgan fingerprint density at radius 1 is 1.25 bits per heavy atom. The van der Waals surface area contributed by atoms with Crippen molar-refractivity contribution in [1.82, 2.24) is 9.97 Å². The topological polar surface area (TPSA) is 25.8 Å². The van der Waals surface area contributed by atoms with Gasteiger partial charge in [-0.3, -0.25) is 0 Å². The number of nitrogens with zero attached hydrogens (tertiary/aromatic N) is 2. The summed E-state index contributed by atoms with van der Waals surface area (Å²) in [5, 5.41) is 0.0522. The van der Waals surface area contributed by atoms with Crippen molar-refractivity contribution in [3.63, 3.8) is 0 Å². The van der Waals surface area contributed by atoms with Crippen LogP contribution in [0.25, 0.3) is 11.3 Å². The summed E-state index contributed by atoms with van der Waals surface area (Å²) < 4.78 is 13.6. The highest BCUT2D eigenvalue weighted by molar-refractivity contribution is 6.28. The summed E-state index contributed by atoms with van der Waals surface area (Å²) in [7, 11) is 0. The van der Waals surface area contributed by atoms with Crippen molar-refractivity contribution in [2.24, 2.45) is 0 Å². The van der Waals surface area contributed by atoms with E-state index >= 15 is 0 Å². The lowest BCUT2D eigenvalue weighted by Crippen LogP contribution is -1.94. The highest BCUT2D eigenvalue weighted by Crippen LogP contribution is 2.25. The third kappa shape index (κ3) is 2.04. The minimum Gasteiger partial charge on any atom is -0.223 e. The van der Waals surface area contributed by atoms with Crippen molar-refractivity contribution in [1.29, 1.82) is 0 Å². The van der Waals surface area contributed by atoms with Gasteiger partial charge in [-0.05, 0) is 31.0 Å². The van der Waals surface area contributed by atoms with E-state index in [-0.39, 0.29) is 11.0 Å². The molecule has 1 aromatic heterocycles. The van der Waals surface area contributed by atoms with Crippen molar-refractivity contribution in [2.45, 2.75) is 13.8 Å². The molecule has 0 atom stereocenters. The van der Waals surface area contributed by atoms with Crippen LogP contribution in [0.2, 0.25) is 5.28 Å². The van der Waals surface area contributed by atoms with Gasteiger partial charge in [0, 0.05) is 5.56 Å². The van der Waals surface area contributed by atoms with E-state index in [1.807, 2.05) is 32.0 Å². The fraction of sp³-hybridized carbons (Fsp3) is 0.167. The average molecular weight is 237 g/mol. The molecule has 0 aliphatic rings. The maximum atomic E-state index is 13.6. The van der Waals surface area contributed by atoms with Crippen LogP contribution >= 0.6 is 11.6 Å². The molecule has 0 unspecified atom stereocenters. The maximum absolute atomic E-state index is 13.6. The second-order valence-electron chi connectivity index (χ2n) is 3.65. The Hall–Kier alpha value is -1.48. The molecule has 0 aliphatic heterocycles. The summed E-state index contributed by atoms with van der Waals surface area (Å²) in [5.41, 5.74) is 3.08. The second-order valence-corrected chi connectivity index (χ2v) is 3.99. The first-order valence-corrected chi connectivity index (χ1v) is 5.21. The van der Waals surface area contributed by atoms with Crippen molar-refractivity contribution in [3.8, 4) is 11.3 Å². The predicted molar refractivity (Wildman–Crippen MR) is 61.9 cm³/mol. The van der Waals surface area contributed by atoms with Gasteiger partial charge in [0.1, 0.15) is 5.69 Å². The Morgan fingerprint density at radius 2 is 2.00 bits per heavy atom. The van der Waals surface area contributed by atoms with Gasteiger partial charge in [0.25, 0.3) is 0 Å². The predicted octanol–water partition coefficient (Wildman–Crippen LogP) is 3.55. The summed E-state index contributed by atoms with van der Waals surface area (Å²) in [6, 6.07) is 5.73. The number of hydrogen-bond donors (Lipinski definition) is 0. The van der Waals surface area contributed by atoms with E-state index in [4.69, 9.17) is 11.6 Å². The molecule has 1 aromatic carbocycles. The Balaban J connectivity index is 2.62. The molecular weight excluding hydrogens is 227 g/mol. The number of halogens is 2. The Kier molecular flexibility index (Phi) is 2.88. The molecular formula is C12H10ClFN2. The zero-order valence-corrected chi connectivity index (χ0v) is 9.72. The van der Waals surface area contributed by atoms with E-state index < -0.39 is 5.82 Å². The third-order valence-electron chi connectivity index (χ3n) is 2.35. The van der Waals surface area contributed by atoms with Crippen LogP contribution in [-0.4, -0.2) is 9.97 Å². The van der Waals surface area contributed by atoms with Gasteiger partial charge < -0.3 is 0 Å². The molecule has 0 N–H and O–H groups in total. The van der Waals surface area contributed by atoms with Gasteiger partial charge in [-0.2, -0.15) is 0 Å². The second kappa shape index (κ2) is 4.18. The fourth-order valence-electron chi connectivity index (χ4n) is 1.61. The van der Waals surface area contributed by atoms with Gasteiger partial charge >= 0.3 is 0 Å². The van der Waals surface area contributed by atoms with Gasteiger partial charge in [0.15, 0.2) is 5.82 Å². The summed E-state index contributed by atoms with van der Waals surface area (Å²) in [4.78, 5) is 7.50. The largest absolute Gasteiger partial charge is 0.223 e. The van der Waals surface area contributed by atoms with Crippen LogP contribution in [0.3, 0.4) is 0 Å². The molecule has 0 radical (unpaired) electrons. The number of benzene rings is 1. The van der Waals surface area contributed by atoms with E-state index in [0.29, 0.717) is 0 Å². The third-order valence-corrected chi connectivity index (χ3v) is 2.53. The smallest absolute Gasteiger partial charge is 0.223 e. The van der Waals surface area contributed by atoms with Gasteiger partial charge in [-0.1, -0.05) is 23.8 Å². The van der Waals surface area contributed by atoms with Gasteiger partial charge in [-0.25, -0.2) is 14.4 Å². The molecule has 0 spiro atoms. The van der Waals surface area contributed by atoms with Crippen molar-refractivity contribution < 1.29 is 4.39 Å². The normalized spacial score (nSPS) is 10.5. The summed E-state index contributed by atoms with van der Waals surface area (Å²) >= 11 is 5.66. The minimum atomic E-state index is -0.462. The zero-order valence-electron chi connectivity index (χ0n) is 8.96. The highest BCUT2D eigenvalue weighted by Gasteiger charge is 2.10. The van der Waals surface area contributed by atoms with Crippen molar-refractivity contribution in [2.75, 3.05) is 0 Å². The molecule has 0 amide bonds. The Labute approximate surface area is 98.1 Å². The molecule has 4 heteroatoms. The van der Waals surface area contributed by atoms with Gasteiger partial charge in [-0.15, -0.1) is 0 Å². The van der Waals surface area contributed by atoms with Gasteiger partial charge in [0.2, 0.25) is 5.28 Å². The summed E-state index contributed by atoms with van der Waals surface area (Å²) in [6.45, 7) is 3.90. The van der Waals surface area contributed by atoms with Crippen molar-refractivity contribution >= 4 is 11.6 Å². The van der Waals surface area contributed by atoms with Crippen molar-refractivity contribution in [3.05, 3.63) is 46.6 Å². The molecule has 2 nitrogen and oxygen atoms in total. The van der Waals surface area contributed by atoms with Gasteiger partial charge in [0.05, 0.1) is 6.20 Å². The minimum absolute atomic E-state index is 0.0522. The number of rotatable bonds is 1. The van der Waals surface area contributed by atoms with E-state index in [0.717, 1.165) is 22.9 Å². The van der Waals surface area contributed by atoms with Crippen LogP contribution in [0.4, 0.5) is 4.39 Å². The zero-order chi connectivity index (χ0) is 11.7. The lowest BCUT2D eigenvalue weighted by Gasteiger charge is -2.07. The van der Waals surface area contributed by atoms with Crippen LogP contribution in [0, 0.1) is 19.7 Å². The van der Waals surface area contributed by atoms with Crippen LogP contribution < -0.4 is 0 Å². The molecule has 0 fully saturated rings. The van der Waals surface area contributed by atoms with Crippen LogP contribution in [0.1, 0.15) is 11.1 Å². The quantitative estimate of drug-likeness (QED) is 0.708. The molecule has 0 saturated heterocycles. The molecule has 1 heterocycles. The molecule has 16 heavy (non-hydrogen) atoms. The van der Waals surface area contributed by atoms with E-state index in [9.17, 15) is 4.39 Å². The summed E-state index contributed by atoms with van der Waals surface area (Å²) in [5.74, 6) is -0.462. The van der Waals surface area contributed by atoms with E-state index in [2.05, 4.69) is 9.97 Å². The SMILES string of the molecule is Cc1ccc(-c2nc(Cl)ncc2F)c(C)c1. The first kappa shape index (κ1) is 11.0. The molecule has 2 aromatic rings. The number of aromatic nitrogens is 2. The lowest BCUT2D eigenvalue weighted by molar-refractivity contribution is 0.618. The first-order chi connectivity index (χ1) is 7.58. The first-order valence-electron chi connectivity index (χ1n) is 4.83. The Bertz CT molecular complexity index is 541. The molecule has 0 aliphatic carbocycles. The monoisotopic (exact) mass is 236 g/mol. The standard InChI is InChI=1S/C12H10ClFN2/c1-7-3-4-9(8(2)5-7)11-10(14)6-15-12(13)16-11/h3-6H,1-2H3. The molecule has 0 bridgehead atoms. The Morgan fingerprint density at radius 3 is 2.69 bits per heavy atom. The van der Waals surface area contributed by atoms with E-state index in [1.54, 1.807) is 0 Å². The highest BCUT2D eigenvalue weighted by atomic mass is 35.5. The fourth-order valence-corrected chi connectivity index (χ4v) is 1.75. The summed E-state index contributed by atoms with van der Waals surface area (Å²) in [6.07, 6.45) is 1.09. The van der Waals surface area contributed by atoms with Crippen LogP contribution in [0.15, 0.2) is 24.4 Å².